The molecule has 0 amide bonds. The first-order valence-corrected chi connectivity index (χ1v) is 7.22. The minimum Gasteiger partial charge on any atom is -0.379 e. The molecule has 2 fully saturated rings. The number of nitrogens with one attached hydrogen (secondary N) is 1. The lowest BCUT2D eigenvalue weighted by Crippen LogP contribution is -2.43. The zero-order valence-corrected chi connectivity index (χ0v) is 10.5. The predicted molar refractivity (Wildman–Crippen MR) is 64.7 cm³/mol. The Morgan fingerprint density at radius 3 is 3.12 bits per heavy atom. The Hall–Kier alpha value is -0.590. The standard InChI is InChI=1S/C11H17N3O2S/c15-11(4-2-5-12-7-11)10-13-9(14-16-10)8-3-1-6-17-8/h8,12,15H,1-7H2. The van der Waals surface area contributed by atoms with E-state index in [1.807, 2.05) is 11.8 Å². The monoisotopic (exact) mass is 255 g/mol. The van der Waals surface area contributed by atoms with Crippen molar-refractivity contribution in [2.24, 2.45) is 0 Å². The second-order valence-electron chi connectivity index (χ2n) is 4.77. The maximum absolute atomic E-state index is 10.4. The molecule has 0 saturated carbocycles. The van der Waals surface area contributed by atoms with Crippen molar-refractivity contribution in [2.75, 3.05) is 18.8 Å². The van der Waals surface area contributed by atoms with Gasteiger partial charge in [0.05, 0.1) is 5.25 Å². The number of β-amino-alcohol motifs (C(OH)–C–C–N with tert-alkyl or cyclic N) is 1. The van der Waals surface area contributed by atoms with Crippen LogP contribution in [0.15, 0.2) is 4.52 Å². The maximum atomic E-state index is 10.4. The van der Waals surface area contributed by atoms with Crippen LogP contribution in [0.25, 0.3) is 0 Å². The van der Waals surface area contributed by atoms with Crippen LogP contribution in [0.4, 0.5) is 0 Å². The second kappa shape index (κ2) is 4.59. The Kier molecular flexibility index (Phi) is 3.10. The number of aromatic nitrogens is 2. The predicted octanol–water partition coefficient (Wildman–Crippen LogP) is 1.21. The smallest absolute Gasteiger partial charge is 0.259 e. The van der Waals surface area contributed by atoms with Crippen molar-refractivity contribution >= 4 is 11.8 Å². The lowest BCUT2D eigenvalue weighted by molar-refractivity contribution is -0.0167. The summed E-state index contributed by atoms with van der Waals surface area (Å²) in [6.07, 6.45) is 3.96. The molecule has 17 heavy (non-hydrogen) atoms. The molecule has 2 atom stereocenters. The number of hydrogen-bond acceptors (Lipinski definition) is 6. The van der Waals surface area contributed by atoms with Crippen molar-refractivity contribution in [1.82, 2.24) is 15.5 Å². The molecule has 3 heterocycles. The highest BCUT2D eigenvalue weighted by molar-refractivity contribution is 7.99. The van der Waals surface area contributed by atoms with Crippen LogP contribution in [-0.2, 0) is 5.60 Å². The van der Waals surface area contributed by atoms with Crippen molar-refractivity contribution < 1.29 is 9.63 Å². The highest BCUT2D eigenvalue weighted by Gasteiger charge is 2.38. The van der Waals surface area contributed by atoms with Crippen LogP contribution in [0.3, 0.4) is 0 Å². The quantitative estimate of drug-likeness (QED) is 0.827. The molecule has 3 rings (SSSR count). The van der Waals surface area contributed by atoms with Crippen molar-refractivity contribution in [3.8, 4) is 0 Å². The van der Waals surface area contributed by atoms with E-state index in [1.54, 1.807) is 0 Å². The first-order chi connectivity index (χ1) is 8.28. The van der Waals surface area contributed by atoms with Gasteiger partial charge in [0.15, 0.2) is 11.4 Å². The van der Waals surface area contributed by atoms with Gasteiger partial charge in [-0.2, -0.15) is 16.7 Å². The Morgan fingerprint density at radius 1 is 1.47 bits per heavy atom. The zero-order valence-electron chi connectivity index (χ0n) is 9.69. The molecule has 2 aliphatic heterocycles. The molecule has 2 aliphatic rings. The van der Waals surface area contributed by atoms with Crippen LogP contribution in [0.2, 0.25) is 0 Å². The van der Waals surface area contributed by atoms with Crippen molar-refractivity contribution in [2.45, 2.75) is 36.5 Å². The Balaban J connectivity index is 1.78. The molecule has 94 valence electrons. The molecule has 2 saturated heterocycles. The fraction of sp³-hybridized carbons (Fsp3) is 0.818. The van der Waals surface area contributed by atoms with Crippen molar-refractivity contribution in [3.63, 3.8) is 0 Å². The summed E-state index contributed by atoms with van der Waals surface area (Å²) in [7, 11) is 0. The summed E-state index contributed by atoms with van der Waals surface area (Å²) in [6, 6.07) is 0. The summed E-state index contributed by atoms with van der Waals surface area (Å²) in [5, 5.41) is 18.0. The topological polar surface area (TPSA) is 71.2 Å². The molecule has 0 aromatic carbocycles. The highest BCUT2D eigenvalue weighted by Crippen LogP contribution is 2.39. The lowest BCUT2D eigenvalue weighted by atomic mass is 9.94. The molecule has 1 aromatic heterocycles. The van der Waals surface area contributed by atoms with Crippen LogP contribution in [0.1, 0.15) is 42.6 Å². The molecular formula is C11H17N3O2S. The summed E-state index contributed by atoms with van der Waals surface area (Å²) in [5.74, 6) is 2.30. The fourth-order valence-corrected chi connectivity index (χ4v) is 3.60. The SMILES string of the molecule is OC1(c2nc(C3CCCS3)no2)CCCNC1. The van der Waals surface area contributed by atoms with Gasteiger partial charge in [-0.1, -0.05) is 5.16 Å². The van der Waals surface area contributed by atoms with E-state index >= 15 is 0 Å². The third-order valence-corrected chi connectivity index (χ3v) is 4.79. The minimum atomic E-state index is -0.966. The maximum Gasteiger partial charge on any atom is 0.259 e. The molecule has 0 radical (unpaired) electrons. The normalized spacial score (nSPS) is 34.1. The van der Waals surface area contributed by atoms with E-state index in [0.717, 1.165) is 25.2 Å². The third-order valence-electron chi connectivity index (χ3n) is 3.42. The molecule has 6 heteroatoms. The largest absolute Gasteiger partial charge is 0.379 e. The molecule has 5 nitrogen and oxygen atoms in total. The molecular weight excluding hydrogens is 238 g/mol. The van der Waals surface area contributed by atoms with Gasteiger partial charge in [-0.25, -0.2) is 0 Å². The van der Waals surface area contributed by atoms with Gasteiger partial charge in [-0.3, -0.25) is 0 Å². The Labute approximate surface area is 104 Å². The molecule has 2 N–H and O–H groups in total. The summed E-state index contributed by atoms with van der Waals surface area (Å²) in [6.45, 7) is 1.45. The van der Waals surface area contributed by atoms with E-state index in [-0.39, 0.29) is 0 Å². The zero-order chi connectivity index (χ0) is 11.7. The lowest BCUT2D eigenvalue weighted by Gasteiger charge is -2.28. The fourth-order valence-electron chi connectivity index (χ4n) is 2.41. The Bertz CT molecular complexity index is 384. The van der Waals surface area contributed by atoms with Crippen LogP contribution in [0, 0.1) is 0 Å². The van der Waals surface area contributed by atoms with Crippen LogP contribution in [0.5, 0.6) is 0 Å². The summed E-state index contributed by atoms with van der Waals surface area (Å²) >= 11 is 1.87. The number of hydrogen-bond donors (Lipinski definition) is 2. The summed E-state index contributed by atoms with van der Waals surface area (Å²) in [4.78, 5) is 4.40. The van der Waals surface area contributed by atoms with E-state index in [9.17, 15) is 5.11 Å². The van der Waals surface area contributed by atoms with E-state index in [2.05, 4.69) is 15.5 Å². The average molecular weight is 255 g/mol. The molecule has 0 spiro atoms. The van der Waals surface area contributed by atoms with Gasteiger partial charge in [-0.15, -0.1) is 0 Å². The summed E-state index contributed by atoms with van der Waals surface area (Å²) in [5.41, 5.74) is -0.966. The van der Waals surface area contributed by atoms with Gasteiger partial charge in [-0.05, 0) is 38.0 Å². The molecule has 0 aliphatic carbocycles. The number of rotatable bonds is 2. The minimum absolute atomic E-state index is 0.354. The highest BCUT2D eigenvalue weighted by atomic mass is 32.2. The van der Waals surface area contributed by atoms with E-state index < -0.39 is 5.60 Å². The van der Waals surface area contributed by atoms with Crippen molar-refractivity contribution in [1.29, 1.82) is 0 Å². The van der Waals surface area contributed by atoms with Gasteiger partial charge in [0.25, 0.3) is 5.89 Å². The number of thioether (sulfide) groups is 1. The van der Waals surface area contributed by atoms with Crippen LogP contribution in [-0.4, -0.2) is 34.1 Å². The van der Waals surface area contributed by atoms with E-state index in [1.165, 1.54) is 12.2 Å². The summed E-state index contributed by atoms with van der Waals surface area (Å²) < 4.78 is 5.26. The van der Waals surface area contributed by atoms with Gasteiger partial charge in [0, 0.05) is 6.54 Å². The first-order valence-electron chi connectivity index (χ1n) is 6.17. The van der Waals surface area contributed by atoms with Gasteiger partial charge >= 0.3 is 0 Å². The second-order valence-corrected chi connectivity index (χ2v) is 6.08. The molecule has 2 unspecified atom stereocenters. The average Bonchev–Trinajstić information content (AvgIpc) is 3.01. The Morgan fingerprint density at radius 2 is 2.41 bits per heavy atom. The van der Waals surface area contributed by atoms with Crippen molar-refractivity contribution in [3.05, 3.63) is 11.7 Å². The van der Waals surface area contributed by atoms with Gasteiger partial charge in [0.1, 0.15) is 0 Å². The number of piperidine rings is 1. The number of nitrogens with zero attached hydrogens (tertiary/aromatic N) is 2. The van der Waals surface area contributed by atoms with Crippen LogP contribution >= 0.6 is 11.8 Å². The van der Waals surface area contributed by atoms with Crippen LogP contribution < -0.4 is 5.32 Å². The third kappa shape index (κ3) is 2.21. The van der Waals surface area contributed by atoms with Gasteiger partial charge < -0.3 is 14.9 Å². The number of aliphatic hydroxyl groups is 1. The molecule has 0 bridgehead atoms. The van der Waals surface area contributed by atoms with Gasteiger partial charge in [0.2, 0.25) is 0 Å². The van der Waals surface area contributed by atoms with E-state index in [0.29, 0.717) is 24.1 Å². The van der Waals surface area contributed by atoms with E-state index in [4.69, 9.17) is 4.52 Å². The first kappa shape index (κ1) is 11.5. The molecule has 1 aromatic rings.